The van der Waals surface area contributed by atoms with Gasteiger partial charge in [-0.2, -0.15) is 0 Å². The summed E-state index contributed by atoms with van der Waals surface area (Å²) in [5.74, 6) is 0.156. The summed E-state index contributed by atoms with van der Waals surface area (Å²) in [6.07, 6.45) is 18.8. The average Bonchev–Trinajstić information content (AvgIpc) is 2.95. The van der Waals surface area contributed by atoms with E-state index in [0.717, 1.165) is 69.8 Å². The summed E-state index contributed by atoms with van der Waals surface area (Å²) in [5, 5.41) is 0. The molecule has 0 unspecified atom stereocenters. The number of allylic oxidation sites excluding steroid dienone is 1. The predicted molar refractivity (Wildman–Crippen MR) is 156 cm³/mol. The van der Waals surface area contributed by atoms with Gasteiger partial charge in [-0.15, -0.1) is 0 Å². The van der Waals surface area contributed by atoms with Crippen molar-refractivity contribution in [3.63, 3.8) is 0 Å². The van der Waals surface area contributed by atoms with Crippen molar-refractivity contribution in [2.75, 3.05) is 6.61 Å². The van der Waals surface area contributed by atoms with Crippen LogP contribution in [0.3, 0.4) is 0 Å². The molecule has 4 rings (SSSR count). The molecule has 2 aliphatic carbocycles. The van der Waals surface area contributed by atoms with Gasteiger partial charge in [0, 0.05) is 5.56 Å². The van der Waals surface area contributed by atoms with Crippen LogP contribution in [0, 0.1) is 29.3 Å². The minimum atomic E-state index is -0.717. The highest BCUT2D eigenvalue weighted by molar-refractivity contribution is 5.52. The van der Waals surface area contributed by atoms with Crippen molar-refractivity contribution in [1.29, 1.82) is 0 Å². The zero-order valence-electron chi connectivity index (χ0n) is 24.0. The number of benzene rings is 2. The van der Waals surface area contributed by atoms with Gasteiger partial charge in [-0.3, -0.25) is 0 Å². The van der Waals surface area contributed by atoms with E-state index in [1.165, 1.54) is 25.7 Å². The summed E-state index contributed by atoms with van der Waals surface area (Å²) in [6.45, 7) is 5.00. The van der Waals surface area contributed by atoms with E-state index in [0.29, 0.717) is 41.2 Å². The lowest BCUT2D eigenvalue weighted by atomic mass is 9.78. The highest BCUT2D eigenvalue weighted by atomic mass is 19.2. The first-order chi connectivity index (χ1) is 19.0. The van der Waals surface area contributed by atoms with Crippen LogP contribution in [0.2, 0.25) is 0 Å². The highest BCUT2D eigenvalue weighted by Gasteiger charge is 2.25. The molecule has 0 spiro atoms. The molecule has 2 fully saturated rings. The van der Waals surface area contributed by atoms with Gasteiger partial charge in [0.2, 0.25) is 0 Å². The molecule has 2 aliphatic rings. The smallest absolute Gasteiger partial charge is 0.166 e. The second-order valence-electron chi connectivity index (χ2n) is 12.1. The third kappa shape index (κ3) is 8.38. The zero-order chi connectivity index (χ0) is 27.6. The maximum absolute atomic E-state index is 14.9. The van der Waals surface area contributed by atoms with Crippen molar-refractivity contribution in [2.45, 2.75) is 116 Å². The van der Waals surface area contributed by atoms with Gasteiger partial charge >= 0.3 is 0 Å². The minimum Gasteiger partial charge on any atom is -0.491 e. The van der Waals surface area contributed by atoms with Gasteiger partial charge in [-0.25, -0.2) is 13.2 Å². The Morgan fingerprint density at radius 3 is 2.18 bits per heavy atom. The molecule has 0 amide bonds. The minimum absolute atomic E-state index is 0.134. The van der Waals surface area contributed by atoms with E-state index in [1.807, 2.05) is 12.1 Å². The Bertz CT molecular complexity index is 1060. The Hall–Kier alpha value is -2.23. The van der Waals surface area contributed by atoms with Gasteiger partial charge in [-0.1, -0.05) is 89.1 Å². The van der Waals surface area contributed by atoms with Crippen LogP contribution >= 0.6 is 0 Å². The van der Waals surface area contributed by atoms with Crippen LogP contribution < -0.4 is 4.74 Å². The zero-order valence-corrected chi connectivity index (χ0v) is 24.0. The fraction of sp³-hybridized carbons (Fsp3) is 0.600. The summed E-state index contributed by atoms with van der Waals surface area (Å²) in [4.78, 5) is 0. The first-order valence-corrected chi connectivity index (χ1v) is 15.5. The lowest BCUT2D eigenvalue weighted by Crippen LogP contribution is -2.13. The molecule has 0 saturated heterocycles. The first kappa shape index (κ1) is 29.7. The van der Waals surface area contributed by atoms with Gasteiger partial charge in [-0.05, 0) is 91.9 Å². The molecule has 39 heavy (non-hydrogen) atoms. The van der Waals surface area contributed by atoms with E-state index in [2.05, 4.69) is 13.8 Å². The van der Waals surface area contributed by atoms with E-state index in [9.17, 15) is 13.2 Å². The average molecular weight is 541 g/mol. The summed E-state index contributed by atoms with van der Waals surface area (Å²) in [5.41, 5.74) is 1.91. The Morgan fingerprint density at radius 1 is 0.769 bits per heavy atom. The standard InChI is InChI=1S/C35H47F3O/c1-3-4-5-6-7-8-23-39-33-22-20-30(24-32(33)36)27-16-11-26(12-17-27)13-18-29-19-21-31(35(38)34(29)37)28-14-9-25(2)10-15-28/h13,18-22,24-28H,3-12,14-17,23H2,1-2H3/b18-13+. The lowest BCUT2D eigenvalue weighted by molar-refractivity contribution is 0.289. The predicted octanol–water partition coefficient (Wildman–Crippen LogP) is 11.1. The molecule has 214 valence electrons. The quantitative estimate of drug-likeness (QED) is 0.243. The highest BCUT2D eigenvalue weighted by Crippen LogP contribution is 2.39. The summed E-state index contributed by atoms with van der Waals surface area (Å²) >= 11 is 0. The second kappa shape index (κ2) is 15.0. The van der Waals surface area contributed by atoms with Crippen LogP contribution in [0.5, 0.6) is 5.75 Å². The number of unbranched alkanes of at least 4 members (excludes halogenated alkanes) is 5. The molecule has 0 heterocycles. The molecule has 4 heteroatoms. The molecule has 0 N–H and O–H groups in total. The van der Waals surface area contributed by atoms with Gasteiger partial charge in [0.05, 0.1) is 6.61 Å². The maximum Gasteiger partial charge on any atom is 0.166 e. The Kier molecular flexibility index (Phi) is 11.4. The first-order valence-electron chi connectivity index (χ1n) is 15.5. The SMILES string of the molecule is CCCCCCCCOc1ccc(C2CCC(/C=C/c3ccc(C4CCC(C)CC4)c(F)c3F)CC2)cc1F. The number of hydrogen-bond donors (Lipinski definition) is 0. The lowest BCUT2D eigenvalue weighted by Gasteiger charge is -2.27. The van der Waals surface area contributed by atoms with Crippen molar-refractivity contribution in [2.24, 2.45) is 11.8 Å². The summed E-state index contributed by atoms with van der Waals surface area (Å²) < 4.78 is 50.2. The molecule has 2 aromatic rings. The van der Waals surface area contributed by atoms with Crippen LogP contribution in [0.4, 0.5) is 13.2 Å². The topological polar surface area (TPSA) is 9.23 Å². The molecular formula is C35H47F3O. The van der Waals surface area contributed by atoms with Gasteiger partial charge in [0.15, 0.2) is 23.2 Å². The Morgan fingerprint density at radius 2 is 1.46 bits per heavy atom. The molecule has 0 atom stereocenters. The second-order valence-corrected chi connectivity index (χ2v) is 12.1. The molecule has 0 bridgehead atoms. The van der Waals surface area contributed by atoms with Crippen LogP contribution in [0.1, 0.15) is 132 Å². The van der Waals surface area contributed by atoms with Crippen LogP contribution in [0.25, 0.3) is 6.08 Å². The number of hydrogen-bond acceptors (Lipinski definition) is 1. The molecule has 2 saturated carbocycles. The normalized spacial score (nSPS) is 23.8. The summed E-state index contributed by atoms with van der Waals surface area (Å²) in [6, 6.07) is 8.97. The van der Waals surface area contributed by atoms with Crippen molar-refractivity contribution in [3.8, 4) is 5.75 Å². The molecule has 0 radical (unpaired) electrons. The van der Waals surface area contributed by atoms with Crippen molar-refractivity contribution >= 4 is 6.08 Å². The number of ether oxygens (including phenoxy) is 1. The van der Waals surface area contributed by atoms with Gasteiger partial charge in [0.25, 0.3) is 0 Å². The largest absolute Gasteiger partial charge is 0.491 e. The number of halogens is 3. The van der Waals surface area contributed by atoms with E-state index in [-0.39, 0.29) is 11.7 Å². The third-order valence-corrected chi connectivity index (χ3v) is 9.10. The van der Waals surface area contributed by atoms with Crippen LogP contribution in [-0.4, -0.2) is 6.61 Å². The van der Waals surface area contributed by atoms with E-state index in [1.54, 1.807) is 30.3 Å². The third-order valence-electron chi connectivity index (χ3n) is 9.10. The number of rotatable bonds is 12. The fourth-order valence-corrected chi connectivity index (χ4v) is 6.43. The van der Waals surface area contributed by atoms with Crippen LogP contribution in [0.15, 0.2) is 36.4 Å². The van der Waals surface area contributed by atoms with Crippen molar-refractivity contribution in [3.05, 3.63) is 70.5 Å². The monoisotopic (exact) mass is 540 g/mol. The molecular weight excluding hydrogens is 493 g/mol. The maximum atomic E-state index is 14.9. The molecule has 0 aliphatic heterocycles. The molecule has 1 nitrogen and oxygen atoms in total. The van der Waals surface area contributed by atoms with Crippen LogP contribution in [-0.2, 0) is 0 Å². The van der Waals surface area contributed by atoms with E-state index < -0.39 is 11.6 Å². The van der Waals surface area contributed by atoms with Gasteiger partial charge in [0.1, 0.15) is 0 Å². The Labute approximate surface area is 234 Å². The van der Waals surface area contributed by atoms with E-state index in [4.69, 9.17) is 4.74 Å². The summed E-state index contributed by atoms with van der Waals surface area (Å²) in [7, 11) is 0. The van der Waals surface area contributed by atoms with E-state index >= 15 is 0 Å². The molecule has 0 aromatic heterocycles. The fourth-order valence-electron chi connectivity index (χ4n) is 6.43. The van der Waals surface area contributed by atoms with Crippen molar-refractivity contribution < 1.29 is 17.9 Å². The van der Waals surface area contributed by atoms with Gasteiger partial charge < -0.3 is 4.74 Å². The Balaban J connectivity index is 1.24. The molecule has 2 aromatic carbocycles. The van der Waals surface area contributed by atoms with Crippen molar-refractivity contribution in [1.82, 2.24) is 0 Å².